The summed E-state index contributed by atoms with van der Waals surface area (Å²) in [5.41, 5.74) is 6.78. The van der Waals surface area contributed by atoms with Crippen LogP contribution in [0.15, 0.2) is 97.2 Å². The number of benzene rings is 3. The van der Waals surface area contributed by atoms with Gasteiger partial charge in [0.1, 0.15) is 0 Å². The first-order chi connectivity index (χ1) is 22.8. The molecule has 0 spiro atoms. The molecule has 4 unspecified atom stereocenters. The van der Waals surface area contributed by atoms with E-state index in [4.69, 9.17) is 14.2 Å². The molecule has 1 saturated heterocycles. The number of nitrogens with one attached hydrogen (secondary N) is 1. The number of pyridine rings is 1. The molecule has 4 atom stereocenters. The van der Waals surface area contributed by atoms with E-state index < -0.39 is 18.4 Å². The maximum atomic E-state index is 12.3. The highest BCUT2D eigenvalue weighted by molar-refractivity contribution is 5.82. The van der Waals surface area contributed by atoms with Crippen LogP contribution in [0, 0.1) is 0 Å². The van der Waals surface area contributed by atoms with E-state index in [1.54, 1.807) is 6.92 Å². The molecule has 1 amide bonds. The fourth-order valence-electron chi connectivity index (χ4n) is 5.68. The van der Waals surface area contributed by atoms with Crippen LogP contribution >= 0.6 is 0 Å². The summed E-state index contributed by atoms with van der Waals surface area (Å²) in [6.07, 6.45) is 1.69. The van der Waals surface area contributed by atoms with Gasteiger partial charge in [0.25, 0.3) is 5.91 Å². The van der Waals surface area contributed by atoms with E-state index in [-0.39, 0.29) is 24.7 Å². The lowest BCUT2D eigenvalue weighted by Crippen LogP contribution is -2.38. The zero-order valence-corrected chi connectivity index (χ0v) is 27.2. The van der Waals surface area contributed by atoms with Crippen molar-refractivity contribution in [2.24, 2.45) is 0 Å². The number of ether oxygens (including phenoxy) is 3. The molecule has 3 aromatic carbocycles. The summed E-state index contributed by atoms with van der Waals surface area (Å²) in [6.45, 7) is 4.72. The molecule has 2 heterocycles. The number of esters is 1. The molecule has 4 aromatic rings. The number of aromatic nitrogens is 1. The van der Waals surface area contributed by atoms with Gasteiger partial charge in [0.2, 0.25) is 0 Å². The Bertz CT molecular complexity index is 1610. The third kappa shape index (κ3) is 9.79. The highest BCUT2D eigenvalue weighted by atomic mass is 16.7. The molecule has 5 rings (SSSR count). The largest absolute Gasteiger partial charge is 0.453 e. The molecule has 0 saturated carbocycles. The summed E-state index contributed by atoms with van der Waals surface area (Å²) in [6, 6.07) is 30.0. The zero-order valence-electron chi connectivity index (χ0n) is 27.2. The van der Waals surface area contributed by atoms with E-state index in [2.05, 4.69) is 28.3 Å². The van der Waals surface area contributed by atoms with Gasteiger partial charge >= 0.3 is 5.97 Å². The van der Waals surface area contributed by atoms with Gasteiger partial charge in [0.05, 0.1) is 18.8 Å². The Hall–Kier alpha value is -4.41. The number of aliphatic hydroxyl groups excluding tert-OH is 1. The van der Waals surface area contributed by atoms with Crippen LogP contribution in [0.4, 0.5) is 0 Å². The molecule has 246 valence electrons. The van der Waals surface area contributed by atoms with Gasteiger partial charge in [-0.1, -0.05) is 66.7 Å². The van der Waals surface area contributed by atoms with E-state index in [1.807, 2.05) is 91.1 Å². The van der Waals surface area contributed by atoms with Crippen molar-refractivity contribution in [2.75, 3.05) is 20.1 Å². The van der Waals surface area contributed by atoms with Gasteiger partial charge in [0, 0.05) is 56.9 Å². The summed E-state index contributed by atoms with van der Waals surface area (Å²) in [7, 11) is 2.11. The smallest absolute Gasteiger partial charge is 0.303 e. The Morgan fingerprint density at radius 1 is 0.957 bits per heavy atom. The lowest BCUT2D eigenvalue weighted by molar-refractivity contribution is -0.252. The zero-order chi connectivity index (χ0) is 33.2. The molecule has 47 heavy (non-hydrogen) atoms. The number of likely N-dealkylation sites (N-methyl/N-ethyl adjacent to an activating group) is 1. The number of carbonyl (C=O) groups excluding carboxylic acids is 2. The topological polar surface area (TPSA) is 110 Å². The van der Waals surface area contributed by atoms with E-state index >= 15 is 0 Å². The maximum Gasteiger partial charge on any atom is 0.303 e. The molecule has 1 aromatic heterocycles. The lowest BCUT2D eigenvalue weighted by atomic mass is 9.98. The molecule has 9 nitrogen and oxygen atoms in total. The van der Waals surface area contributed by atoms with Crippen LogP contribution < -0.4 is 5.32 Å². The summed E-state index contributed by atoms with van der Waals surface area (Å²) >= 11 is 0. The van der Waals surface area contributed by atoms with Crippen molar-refractivity contribution in [2.45, 2.75) is 64.4 Å². The summed E-state index contributed by atoms with van der Waals surface area (Å²) < 4.78 is 18.2. The quantitative estimate of drug-likeness (QED) is 0.184. The number of hydrogen-bond acceptors (Lipinski definition) is 8. The maximum absolute atomic E-state index is 12.3. The van der Waals surface area contributed by atoms with Crippen LogP contribution in [0.3, 0.4) is 0 Å². The average Bonchev–Trinajstić information content (AvgIpc) is 3.10. The fourth-order valence-corrected chi connectivity index (χ4v) is 5.68. The van der Waals surface area contributed by atoms with Crippen LogP contribution in [0.5, 0.6) is 0 Å². The van der Waals surface area contributed by atoms with Gasteiger partial charge in [0.15, 0.2) is 12.4 Å². The number of carbonyl (C=O) groups is 2. The normalized spacial score (nSPS) is 18.4. The molecule has 1 fully saturated rings. The Balaban J connectivity index is 1.31. The summed E-state index contributed by atoms with van der Waals surface area (Å²) in [4.78, 5) is 30.3. The molecule has 1 aliphatic rings. The summed E-state index contributed by atoms with van der Waals surface area (Å²) in [5, 5.41) is 12.4. The lowest BCUT2D eigenvalue weighted by Gasteiger charge is -2.38. The van der Waals surface area contributed by atoms with Gasteiger partial charge in [-0.05, 0) is 66.1 Å². The fraction of sp³-hybridized carbons (Fsp3) is 0.342. The SMILES string of the molecule is CC(=O)OC(C)C(=O)NCc1cccc(-c2cccc(C3OC(CN(C)CCc4ccccn4)CC(c4ccc(CO)cc4)O3)c2)c1. The number of amides is 1. The predicted molar refractivity (Wildman–Crippen MR) is 179 cm³/mol. The minimum Gasteiger partial charge on any atom is -0.453 e. The van der Waals surface area contributed by atoms with E-state index in [0.717, 1.165) is 58.6 Å². The van der Waals surface area contributed by atoms with Crippen molar-refractivity contribution >= 4 is 11.9 Å². The van der Waals surface area contributed by atoms with Crippen LogP contribution in [-0.4, -0.2) is 59.2 Å². The van der Waals surface area contributed by atoms with Crippen molar-refractivity contribution in [3.63, 3.8) is 0 Å². The Labute approximate surface area is 276 Å². The number of rotatable bonds is 13. The van der Waals surface area contributed by atoms with E-state index in [0.29, 0.717) is 13.0 Å². The standard InChI is InChI=1S/C38H43N3O6/c1-26(45-27(2)43)37(44)40-23-29-8-6-9-31(20-29)32-10-7-11-33(21-32)38-46-35(24-41(3)19-17-34-12-4-5-18-39-34)22-36(47-38)30-15-13-28(25-42)14-16-30/h4-16,18,20-21,26,35-36,38,42H,17,19,22-25H2,1-3H3,(H,40,44). The number of hydrogen-bond donors (Lipinski definition) is 2. The molecule has 0 aliphatic carbocycles. The van der Waals surface area contributed by atoms with Crippen LogP contribution in [0.2, 0.25) is 0 Å². The molecular formula is C38H43N3O6. The third-order valence-corrected chi connectivity index (χ3v) is 8.20. The molecule has 0 radical (unpaired) electrons. The van der Waals surface area contributed by atoms with E-state index in [1.165, 1.54) is 6.92 Å². The highest BCUT2D eigenvalue weighted by Gasteiger charge is 2.33. The average molecular weight is 638 g/mol. The minimum absolute atomic E-state index is 0.00496. The summed E-state index contributed by atoms with van der Waals surface area (Å²) in [5.74, 6) is -0.845. The van der Waals surface area contributed by atoms with Crippen LogP contribution in [-0.2, 0) is 43.4 Å². The van der Waals surface area contributed by atoms with Crippen molar-refractivity contribution < 1.29 is 28.9 Å². The Kier molecular flexibility index (Phi) is 11.9. The number of aliphatic hydroxyl groups is 1. The van der Waals surface area contributed by atoms with Crippen LogP contribution in [0.1, 0.15) is 60.6 Å². The van der Waals surface area contributed by atoms with Gasteiger partial charge in [-0.3, -0.25) is 14.6 Å². The van der Waals surface area contributed by atoms with Crippen LogP contribution in [0.25, 0.3) is 11.1 Å². The monoisotopic (exact) mass is 637 g/mol. The molecule has 2 N–H and O–H groups in total. The first-order valence-electron chi connectivity index (χ1n) is 16.0. The van der Waals surface area contributed by atoms with Crippen molar-refractivity contribution in [3.8, 4) is 11.1 Å². The molecule has 1 aliphatic heterocycles. The molecular weight excluding hydrogens is 594 g/mol. The predicted octanol–water partition coefficient (Wildman–Crippen LogP) is 5.53. The van der Waals surface area contributed by atoms with E-state index in [9.17, 15) is 14.7 Å². The Morgan fingerprint density at radius 3 is 2.45 bits per heavy atom. The van der Waals surface area contributed by atoms with Crippen molar-refractivity contribution in [1.29, 1.82) is 0 Å². The van der Waals surface area contributed by atoms with Gasteiger partial charge < -0.3 is 29.5 Å². The third-order valence-electron chi connectivity index (χ3n) is 8.20. The number of nitrogens with zero attached hydrogens (tertiary/aromatic N) is 2. The Morgan fingerprint density at radius 2 is 1.72 bits per heavy atom. The minimum atomic E-state index is -0.858. The second kappa shape index (κ2) is 16.4. The molecule has 9 heteroatoms. The highest BCUT2D eigenvalue weighted by Crippen LogP contribution is 2.39. The van der Waals surface area contributed by atoms with Crippen molar-refractivity contribution in [1.82, 2.24) is 15.2 Å². The first-order valence-corrected chi connectivity index (χ1v) is 16.0. The second-order valence-corrected chi connectivity index (χ2v) is 12.0. The molecule has 0 bridgehead atoms. The van der Waals surface area contributed by atoms with Gasteiger partial charge in [-0.15, -0.1) is 0 Å². The van der Waals surface area contributed by atoms with Gasteiger partial charge in [-0.25, -0.2) is 0 Å². The van der Waals surface area contributed by atoms with Gasteiger partial charge in [-0.2, -0.15) is 0 Å². The first kappa shape index (κ1) is 33.9. The second-order valence-electron chi connectivity index (χ2n) is 12.0. The van der Waals surface area contributed by atoms with Crippen molar-refractivity contribution in [3.05, 3.63) is 125 Å².